The maximum Gasteiger partial charge on any atom is 0.251 e. The molecule has 0 aliphatic carbocycles. The molecule has 0 spiro atoms. The molecular weight excluding hydrogens is 252 g/mol. The molecule has 2 aromatic rings. The SMILES string of the molecule is CCc1ccc(OC)c(CNC(=O)c2ccncc2)c1. The highest BCUT2D eigenvalue weighted by molar-refractivity contribution is 5.93. The fourth-order valence-corrected chi connectivity index (χ4v) is 1.97. The molecule has 1 aromatic carbocycles. The summed E-state index contributed by atoms with van der Waals surface area (Å²) in [4.78, 5) is 15.9. The summed E-state index contributed by atoms with van der Waals surface area (Å²) in [6.07, 6.45) is 4.16. The Morgan fingerprint density at radius 1 is 1.25 bits per heavy atom. The lowest BCUT2D eigenvalue weighted by atomic mass is 10.1. The third kappa shape index (κ3) is 3.35. The number of benzene rings is 1. The molecule has 4 heteroatoms. The molecule has 0 aliphatic heterocycles. The number of nitrogens with one attached hydrogen (secondary N) is 1. The number of methoxy groups -OCH3 is 1. The van der Waals surface area contributed by atoms with E-state index in [2.05, 4.69) is 23.3 Å². The van der Waals surface area contributed by atoms with Gasteiger partial charge >= 0.3 is 0 Å². The molecule has 0 unspecified atom stereocenters. The first-order valence-corrected chi connectivity index (χ1v) is 6.58. The van der Waals surface area contributed by atoms with Crippen LogP contribution < -0.4 is 10.1 Å². The van der Waals surface area contributed by atoms with E-state index in [0.717, 1.165) is 17.7 Å². The van der Waals surface area contributed by atoms with E-state index in [4.69, 9.17) is 4.74 Å². The molecule has 2 rings (SSSR count). The Kier molecular flexibility index (Phi) is 4.71. The van der Waals surface area contributed by atoms with E-state index in [1.807, 2.05) is 12.1 Å². The van der Waals surface area contributed by atoms with Gasteiger partial charge in [0.25, 0.3) is 5.91 Å². The fourth-order valence-electron chi connectivity index (χ4n) is 1.97. The molecule has 0 atom stereocenters. The summed E-state index contributed by atoms with van der Waals surface area (Å²) in [7, 11) is 1.63. The zero-order chi connectivity index (χ0) is 14.4. The van der Waals surface area contributed by atoms with Gasteiger partial charge < -0.3 is 10.1 Å². The third-order valence-electron chi connectivity index (χ3n) is 3.13. The van der Waals surface area contributed by atoms with E-state index in [-0.39, 0.29) is 5.91 Å². The summed E-state index contributed by atoms with van der Waals surface area (Å²) in [5, 5.41) is 2.89. The second-order valence-electron chi connectivity index (χ2n) is 4.42. The first kappa shape index (κ1) is 14.1. The van der Waals surface area contributed by atoms with Crippen LogP contribution >= 0.6 is 0 Å². The molecule has 0 radical (unpaired) electrons. The predicted molar refractivity (Wildman–Crippen MR) is 77.8 cm³/mol. The van der Waals surface area contributed by atoms with E-state index >= 15 is 0 Å². The molecule has 1 N–H and O–H groups in total. The summed E-state index contributed by atoms with van der Waals surface area (Å²) in [6.45, 7) is 2.54. The van der Waals surface area contributed by atoms with Gasteiger partial charge in [-0.2, -0.15) is 0 Å². The van der Waals surface area contributed by atoms with Gasteiger partial charge in [-0.1, -0.05) is 19.1 Å². The van der Waals surface area contributed by atoms with Gasteiger partial charge in [-0.05, 0) is 30.2 Å². The van der Waals surface area contributed by atoms with E-state index in [1.54, 1.807) is 31.6 Å². The molecule has 0 bridgehead atoms. The normalized spacial score (nSPS) is 10.1. The van der Waals surface area contributed by atoms with Crippen LogP contribution in [0.1, 0.15) is 28.4 Å². The number of carbonyl (C=O) groups is 1. The fraction of sp³-hybridized carbons (Fsp3) is 0.250. The van der Waals surface area contributed by atoms with Crippen LogP contribution in [0.5, 0.6) is 5.75 Å². The van der Waals surface area contributed by atoms with Crippen molar-refractivity contribution in [3.05, 3.63) is 59.4 Å². The van der Waals surface area contributed by atoms with E-state index in [0.29, 0.717) is 12.1 Å². The van der Waals surface area contributed by atoms with Crippen molar-refractivity contribution in [3.63, 3.8) is 0 Å². The van der Waals surface area contributed by atoms with Gasteiger partial charge in [-0.3, -0.25) is 9.78 Å². The lowest BCUT2D eigenvalue weighted by Gasteiger charge is -2.11. The molecule has 1 heterocycles. The van der Waals surface area contributed by atoms with Crippen LogP contribution in [0.3, 0.4) is 0 Å². The van der Waals surface area contributed by atoms with Crippen molar-refractivity contribution < 1.29 is 9.53 Å². The molecule has 1 amide bonds. The number of amides is 1. The Morgan fingerprint density at radius 2 is 2.00 bits per heavy atom. The van der Waals surface area contributed by atoms with Gasteiger partial charge in [0.05, 0.1) is 7.11 Å². The van der Waals surface area contributed by atoms with E-state index in [9.17, 15) is 4.79 Å². The minimum Gasteiger partial charge on any atom is -0.496 e. The monoisotopic (exact) mass is 270 g/mol. The van der Waals surface area contributed by atoms with Crippen LogP contribution in [-0.2, 0) is 13.0 Å². The highest BCUT2D eigenvalue weighted by Crippen LogP contribution is 2.20. The maximum atomic E-state index is 12.0. The van der Waals surface area contributed by atoms with Gasteiger partial charge in [-0.15, -0.1) is 0 Å². The lowest BCUT2D eigenvalue weighted by molar-refractivity contribution is 0.0950. The summed E-state index contributed by atoms with van der Waals surface area (Å²) in [6, 6.07) is 9.41. The standard InChI is InChI=1S/C16H18N2O2/c1-3-12-4-5-15(20-2)14(10-12)11-18-16(19)13-6-8-17-9-7-13/h4-10H,3,11H2,1-2H3,(H,18,19). The highest BCUT2D eigenvalue weighted by Gasteiger charge is 2.08. The van der Waals surface area contributed by atoms with Gasteiger partial charge in [0.15, 0.2) is 0 Å². The average Bonchev–Trinajstić information content (AvgIpc) is 2.53. The average molecular weight is 270 g/mol. The third-order valence-corrected chi connectivity index (χ3v) is 3.13. The first-order chi connectivity index (χ1) is 9.74. The number of ether oxygens (including phenoxy) is 1. The van der Waals surface area contributed by atoms with Crippen molar-refractivity contribution in [1.29, 1.82) is 0 Å². The number of rotatable bonds is 5. The summed E-state index contributed by atoms with van der Waals surface area (Å²) in [5.74, 6) is 0.675. The number of aryl methyl sites for hydroxylation is 1. The molecule has 20 heavy (non-hydrogen) atoms. The second-order valence-corrected chi connectivity index (χ2v) is 4.42. The topological polar surface area (TPSA) is 51.2 Å². The molecule has 0 saturated carbocycles. The van der Waals surface area contributed by atoms with Crippen LogP contribution in [0, 0.1) is 0 Å². The van der Waals surface area contributed by atoms with Gasteiger partial charge in [-0.25, -0.2) is 0 Å². The minimum absolute atomic E-state index is 0.114. The highest BCUT2D eigenvalue weighted by atomic mass is 16.5. The molecule has 4 nitrogen and oxygen atoms in total. The Hall–Kier alpha value is -2.36. The molecule has 0 saturated heterocycles. The number of hydrogen-bond acceptors (Lipinski definition) is 3. The van der Waals surface area contributed by atoms with Gasteiger partial charge in [0.2, 0.25) is 0 Å². The number of pyridine rings is 1. The van der Waals surface area contributed by atoms with Crippen LogP contribution in [0.4, 0.5) is 0 Å². The van der Waals surface area contributed by atoms with Gasteiger partial charge in [0.1, 0.15) is 5.75 Å². The van der Waals surface area contributed by atoms with Crippen molar-refractivity contribution >= 4 is 5.91 Å². The number of carbonyl (C=O) groups excluding carboxylic acids is 1. The number of aromatic nitrogens is 1. The Bertz CT molecular complexity index is 582. The second kappa shape index (κ2) is 6.70. The van der Waals surface area contributed by atoms with Crippen LogP contribution in [0.2, 0.25) is 0 Å². The number of nitrogens with zero attached hydrogens (tertiary/aromatic N) is 1. The van der Waals surface area contributed by atoms with Gasteiger partial charge in [0, 0.05) is 30.1 Å². The van der Waals surface area contributed by atoms with Crippen molar-refractivity contribution in [2.75, 3.05) is 7.11 Å². The summed E-state index contributed by atoms with van der Waals surface area (Å²) < 4.78 is 5.32. The molecule has 0 fully saturated rings. The van der Waals surface area contributed by atoms with Crippen molar-refractivity contribution in [2.45, 2.75) is 19.9 Å². The predicted octanol–water partition coefficient (Wildman–Crippen LogP) is 2.58. The molecular formula is C16H18N2O2. The summed E-state index contributed by atoms with van der Waals surface area (Å²) >= 11 is 0. The molecule has 104 valence electrons. The van der Waals surface area contributed by atoms with E-state index in [1.165, 1.54) is 5.56 Å². The van der Waals surface area contributed by atoms with Crippen LogP contribution in [0.25, 0.3) is 0 Å². The number of hydrogen-bond donors (Lipinski definition) is 1. The Balaban J connectivity index is 2.08. The molecule has 1 aromatic heterocycles. The maximum absolute atomic E-state index is 12.0. The largest absolute Gasteiger partial charge is 0.496 e. The van der Waals surface area contributed by atoms with Crippen molar-refractivity contribution in [3.8, 4) is 5.75 Å². The van der Waals surface area contributed by atoms with Crippen molar-refractivity contribution in [2.24, 2.45) is 0 Å². The van der Waals surface area contributed by atoms with Crippen molar-refractivity contribution in [1.82, 2.24) is 10.3 Å². The van der Waals surface area contributed by atoms with Crippen LogP contribution in [0.15, 0.2) is 42.7 Å². The zero-order valence-corrected chi connectivity index (χ0v) is 11.7. The molecule has 0 aliphatic rings. The summed E-state index contributed by atoms with van der Waals surface area (Å²) in [5.41, 5.74) is 2.80. The van der Waals surface area contributed by atoms with E-state index < -0.39 is 0 Å². The first-order valence-electron chi connectivity index (χ1n) is 6.58. The zero-order valence-electron chi connectivity index (χ0n) is 11.7. The smallest absolute Gasteiger partial charge is 0.251 e. The lowest BCUT2D eigenvalue weighted by Crippen LogP contribution is -2.23. The quantitative estimate of drug-likeness (QED) is 0.908. The Morgan fingerprint density at radius 3 is 2.65 bits per heavy atom. The minimum atomic E-state index is -0.114. The Labute approximate surface area is 118 Å². The van der Waals surface area contributed by atoms with Crippen LogP contribution in [-0.4, -0.2) is 18.0 Å².